The van der Waals surface area contributed by atoms with E-state index in [-0.39, 0.29) is 23.4 Å². The van der Waals surface area contributed by atoms with Crippen LogP contribution in [0.15, 0.2) is 67.6 Å². The van der Waals surface area contributed by atoms with Gasteiger partial charge >= 0.3 is 0 Å². The standard InChI is InChI=1S/C11H11BrN2O3S.C11H11BrN2OS.H2O2/c1-18(16,17)5-4-14-7-13-10-6-8(12)2-3-9(10)11(14)15;1-16-5-4-14-7-13-10-6-8(12)2-3-9(10)11(14)15;1-2/h2-3,6-7H,4-5H2,1H3;2-3,6-7H,4-5H2,1H3;1-2H. The van der Waals surface area contributed by atoms with E-state index in [1.54, 1.807) is 40.9 Å². The average molecular weight is 664 g/mol. The number of benzene rings is 2. The second-order valence-corrected chi connectivity index (χ2v) is 12.5. The Labute approximate surface area is 228 Å². The number of hydrogen-bond donors (Lipinski definition) is 2. The molecular weight excluding hydrogens is 640 g/mol. The number of halogens is 2. The zero-order chi connectivity index (χ0) is 26.9. The van der Waals surface area contributed by atoms with Crippen LogP contribution in [-0.4, -0.2) is 62.1 Å². The van der Waals surface area contributed by atoms with Gasteiger partial charge in [0.05, 0.1) is 40.2 Å². The highest BCUT2D eigenvalue weighted by Crippen LogP contribution is 2.15. The Balaban J connectivity index is 0.000000239. The van der Waals surface area contributed by atoms with E-state index in [4.69, 9.17) is 10.5 Å². The first-order valence-corrected chi connectivity index (χ1v) is 15.3. The molecule has 0 atom stereocenters. The van der Waals surface area contributed by atoms with Crippen LogP contribution in [-0.2, 0) is 22.9 Å². The molecule has 2 heterocycles. The van der Waals surface area contributed by atoms with E-state index < -0.39 is 9.84 Å². The third kappa shape index (κ3) is 8.49. The molecule has 194 valence electrons. The Morgan fingerprint density at radius 1 is 0.861 bits per heavy atom. The second-order valence-electron chi connectivity index (χ2n) is 7.43. The lowest BCUT2D eigenvalue weighted by Crippen LogP contribution is -2.24. The Morgan fingerprint density at radius 2 is 1.31 bits per heavy atom. The van der Waals surface area contributed by atoms with Crippen molar-refractivity contribution in [3.8, 4) is 0 Å². The predicted molar refractivity (Wildman–Crippen MR) is 151 cm³/mol. The monoisotopic (exact) mass is 662 g/mol. The average Bonchev–Trinajstić information content (AvgIpc) is 2.84. The van der Waals surface area contributed by atoms with Crippen LogP contribution in [0, 0.1) is 0 Å². The Hall–Kier alpha value is -2.10. The molecule has 0 spiro atoms. The fourth-order valence-corrected chi connectivity index (χ4v) is 4.64. The quantitative estimate of drug-likeness (QED) is 0.233. The van der Waals surface area contributed by atoms with Gasteiger partial charge in [0, 0.05) is 34.0 Å². The van der Waals surface area contributed by atoms with Crippen LogP contribution in [0.3, 0.4) is 0 Å². The molecule has 0 bridgehead atoms. The number of aromatic nitrogens is 4. The molecule has 36 heavy (non-hydrogen) atoms. The van der Waals surface area contributed by atoms with Crippen molar-refractivity contribution < 1.29 is 18.9 Å². The summed E-state index contributed by atoms with van der Waals surface area (Å²) in [6.45, 7) is 0.829. The van der Waals surface area contributed by atoms with Crippen LogP contribution in [0.2, 0.25) is 0 Å². The van der Waals surface area contributed by atoms with Gasteiger partial charge in [-0.25, -0.2) is 18.4 Å². The van der Waals surface area contributed by atoms with Crippen LogP contribution >= 0.6 is 43.6 Å². The van der Waals surface area contributed by atoms with Gasteiger partial charge < -0.3 is 0 Å². The van der Waals surface area contributed by atoms with Gasteiger partial charge in [0.15, 0.2) is 0 Å². The highest BCUT2D eigenvalue weighted by Gasteiger charge is 2.08. The molecule has 0 fully saturated rings. The molecule has 0 saturated heterocycles. The molecule has 2 aromatic heterocycles. The minimum absolute atomic E-state index is 0.0338. The maximum absolute atomic E-state index is 12.1. The summed E-state index contributed by atoms with van der Waals surface area (Å²) in [6.07, 6.45) is 6.16. The summed E-state index contributed by atoms with van der Waals surface area (Å²) in [5, 5.41) is 13.2. The molecule has 0 aliphatic carbocycles. The number of nitrogens with zero attached hydrogens (tertiary/aromatic N) is 4. The van der Waals surface area contributed by atoms with Crippen molar-refractivity contribution in [2.24, 2.45) is 0 Å². The Bertz CT molecular complexity index is 1560. The maximum Gasteiger partial charge on any atom is 0.261 e. The van der Waals surface area contributed by atoms with Gasteiger partial charge in [-0.05, 0) is 42.7 Å². The third-order valence-corrected chi connectivity index (χ3v) is 7.32. The molecule has 2 aromatic carbocycles. The lowest BCUT2D eigenvalue weighted by molar-refractivity contribution is -0.176. The van der Waals surface area contributed by atoms with Crippen molar-refractivity contribution >= 4 is 75.3 Å². The summed E-state index contributed by atoms with van der Waals surface area (Å²) in [4.78, 5) is 32.5. The number of thioether (sulfide) groups is 1. The van der Waals surface area contributed by atoms with Crippen LogP contribution in [0.25, 0.3) is 21.8 Å². The molecule has 4 aromatic rings. The van der Waals surface area contributed by atoms with Gasteiger partial charge in [0.25, 0.3) is 11.1 Å². The summed E-state index contributed by atoms with van der Waals surface area (Å²) in [5.41, 5.74) is 1.13. The van der Waals surface area contributed by atoms with Gasteiger partial charge in [-0.2, -0.15) is 11.8 Å². The zero-order valence-corrected chi connectivity index (χ0v) is 24.1. The molecule has 14 heteroatoms. The zero-order valence-electron chi connectivity index (χ0n) is 19.3. The minimum Gasteiger partial charge on any atom is -0.298 e. The first-order chi connectivity index (χ1) is 17.1. The van der Waals surface area contributed by atoms with Gasteiger partial charge in [-0.15, -0.1) is 0 Å². The van der Waals surface area contributed by atoms with Gasteiger partial charge in [-0.1, -0.05) is 31.9 Å². The number of hydrogen-bond acceptors (Lipinski definition) is 9. The highest BCUT2D eigenvalue weighted by atomic mass is 79.9. The largest absolute Gasteiger partial charge is 0.298 e. The summed E-state index contributed by atoms with van der Waals surface area (Å²) >= 11 is 8.39. The van der Waals surface area contributed by atoms with E-state index in [1.165, 1.54) is 10.9 Å². The number of aryl methyl sites for hydroxylation is 2. The molecule has 4 rings (SSSR count). The van der Waals surface area contributed by atoms with Crippen molar-refractivity contribution in [1.82, 2.24) is 19.1 Å². The summed E-state index contributed by atoms with van der Waals surface area (Å²) < 4.78 is 26.9. The third-order valence-electron chi connectivity index (χ3n) is 4.81. The fourth-order valence-electron chi connectivity index (χ4n) is 3.04. The summed E-state index contributed by atoms with van der Waals surface area (Å²) in [5.74, 6) is 0.847. The van der Waals surface area contributed by atoms with Crippen LogP contribution in [0.5, 0.6) is 0 Å². The normalized spacial score (nSPS) is 10.9. The topological polar surface area (TPSA) is 144 Å². The van der Waals surface area contributed by atoms with Crippen molar-refractivity contribution in [2.45, 2.75) is 13.1 Å². The van der Waals surface area contributed by atoms with Crippen molar-refractivity contribution in [2.75, 3.05) is 24.0 Å². The molecule has 0 aliphatic rings. The second kappa shape index (κ2) is 14.0. The Morgan fingerprint density at radius 3 is 1.72 bits per heavy atom. The van der Waals surface area contributed by atoms with Crippen molar-refractivity contribution in [1.29, 1.82) is 0 Å². The van der Waals surface area contributed by atoms with Crippen molar-refractivity contribution in [3.05, 3.63) is 78.7 Å². The predicted octanol–water partition coefficient (Wildman–Crippen LogP) is 3.74. The van der Waals surface area contributed by atoms with Gasteiger partial charge in [-0.3, -0.25) is 29.2 Å². The van der Waals surface area contributed by atoms with E-state index in [0.717, 1.165) is 26.5 Å². The van der Waals surface area contributed by atoms with Gasteiger partial charge in [0.1, 0.15) is 9.84 Å². The molecule has 0 unspecified atom stereocenters. The molecule has 0 radical (unpaired) electrons. The molecule has 10 nitrogen and oxygen atoms in total. The van der Waals surface area contributed by atoms with E-state index in [1.807, 2.05) is 24.5 Å². The van der Waals surface area contributed by atoms with E-state index >= 15 is 0 Å². The molecule has 2 N–H and O–H groups in total. The van der Waals surface area contributed by atoms with Crippen LogP contribution in [0.1, 0.15) is 0 Å². The first-order valence-electron chi connectivity index (χ1n) is 10.2. The highest BCUT2D eigenvalue weighted by molar-refractivity contribution is 9.10. The first kappa shape index (κ1) is 30.1. The number of sulfone groups is 1. The lowest BCUT2D eigenvalue weighted by Gasteiger charge is -2.05. The number of rotatable bonds is 6. The lowest BCUT2D eigenvalue weighted by atomic mass is 10.2. The minimum atomic E-state index is -3.09. The van der Waals surface area contributed by atoms with E-state index in [2.05, 4.69) is 41.8 Å². The van der Waals surface area contributed by atoms with E-state index in [0.29, 0.717) is 22.8 Å². The number of fused-ring (bicyclic) bond motifs is 2. The molecular formula is C22H24Br2N4O6S2. The van der Waals surface area contributed by atoms with Crippen molar-refractivity contribution in [3.63, 3.8) is 0 Å². The van der Waals surface area contributed by atoms with E-state index in [9.17, 15) is 18.0 Å². The SMILES string of the molecule is CS(=O)(=O)CCn1cnc2cc(Br)ccc2c1=O.CSCCn1cnc2cc(Br)ccc2c1=O.OO. The molecule has 0 aliphatic heterocycles. The summed E-state index contributed by atoms with van der Waals surface area (Å²) in [6, 6.07) is 10.7. The summed E-state index contributed by atoms with van der Waals surface area (Å²) in [7, 11) is -3.09. The van der Waals surface area contributed by atoms with Gasteiger partial charge in [0.2, 0.25) is 0 Å². The Kier molecular flexibility index (Phi) is 11.7. The maximum atomic E-state index is 12.1. The smallest absolute Gasteiger partial charge is 0.261 e. The molecule has 0 saturated carbocycles. The molecule has 0 amide bonds. The van der Waals surface area contributed by atoms with Crippen LogP contribution in [0.4, 0.5) is 0 Å². The fraction of sp³-hybridized carbons (Fsp3) is 0.273. The van der Waals surface area contributed by atoms with Crippen LogP contribution < -0.4 is 11.1 Å².